The van der Waals surface area contributed by atoms with Gasteiger partial charge in [-0.05, 0) is 34.1 Å². The van der Waals surface area contributed by atoms with Gasteiger partial charge in [-0.3, -0.25) is 0 Å². The molecular formula is C12H12BrF3N2O2. The number of anilines is 1. The average Bonchev–Trinajstić information content (AvgIpc) is 2.41. The minimum atomic E-state index is -4.45. The molecule has 1 aliphatic rings. The van der Waals surface area contributed by atoms with Crippen molar-refractivity contribution in [3.05, 3.63) is 28.2 Å². The molecule has 2 rings (SSSR count). The zero-order chi connectivity index (χ0) is 14.8. The average molecular weight is 353 g/mol. The number of halogens is 4. The van der Waals surface area contributed by atoms with E-state index in [4.69, 9.17) is 4.74 Å². The van der Waals surface area contributed by atoms with E-state index in [9.17, 15) is 18.0 Å². The summed E-state index contributed by atoms with van der Waals surface area (Å²) in [4.78, 5) is 13.4. The Kier molecular flexibility index (Phi) is 4.54. The third kappa shape index (κ3) is 3.63. The maximum absolute atomic E-state index is 12.6. The van der Waals surface area contributed by atoms with Crippen LogP contribution in [0, 0.1) is 0 Å². The molecule has 0 spiro atoms. The number of alkyl halides is 3. The number of nitrogens with zero attached hydrogens (tertiary/aromatic N) is 1. The molecule has 110 valence electrons. The van der Waals surface area contributed by atoms with E-state index in [0.717, 1.165) is 12.1 Å². The van der Waals surface area contributed by atoms with Gasteiger partial charge < -0.3 is 15.0 Å². The van der Waals surface area contributed by atoms with Gasteiger partial charge in [-0.1, -0.05) is 0 Å². The van der Waals surface area contributed by atoms with Crippen molar-refractivity contribution in [2.45, 2.75) is 6.18 Å². The fourth-order valence-electron chi connectivity index (χ4n) is 1.76. The van der Waals surface area contributed by atoms with Crippen LogP contribution in [0.1, 0.15) is 5.56 Å². The van der Waals surface area contributed by atoms with Crippen molar-refractivity contribution in [2.24, 2.45) is 0 Å². The van der Waals surface area contributed by atoms with Gasteiger partial charge in [-0.25, -0.2) is 4.79 Å². The number of benzene rings is 1. The lowest BCUT2D eigenvalue weighted by Gasteiger charge is -2.27. The van der Waals surface area contributed by atoms with Gasteiger partial charge in [-0.15, -0.1) is 0 Å². The molecular weight excluding hydrogens is 341 g/mol. The van der Waals surface area contributed by atoms with Crippen LogP contribution in [0.4, 0.5) is 23.7 Å². The fourth-order valence-corrected chi connectivity index (χ4v) is 2.10. The number of amides is 2. The number of hydrogen-bond donors (Lipinski definition) is 1. The molecule has 0 unspecified atom stereocenters. The van der Waals surface area contributed by atoms with Gasteiger partial charge in [0.2, 0.25) is 0 Å². The van der Waals surface area contributed by atoms with Gasteiger partial charge >= 0.3 is 12.2 Å². The van der Waals surface area contributed by atoms with Crippen molar-refractivity contribution < 1.29 is 22.7 Å². The molecule has 2 amide bonds. The van der Waals surface area contributed by atoms with E-state index in [1.807, 2.05) is 0 Å². The Bertz CT molecular complexity index is 502. The Morgan fingerprint density at radius 2 is 1.95 bits per heavy atom. The minimum Gasteiger partial charge on any atom is -0.378 e. The molecule has 0 aliphatic carbocycles. The Morgan fingerprint density at radius 1 is 1.30 bits per heavy atom. The van der Waals surface area contributed by atoms with Gasteiger partial charge in [-0.2, -0.15) is 13.2 Å². The maximum Gasteiger partial charge on any atom is 0.416 e. The van der Waals surface area contributed by atoms with Gasteiger partial charge in [0, 0.05) is 17.6 Å². The van der Waals surface area contributed by atoms with Crippen molar-refractivity contribution in [1.29, 1.82) is 0 Å². The molecule has 0 saturated carbocycles. The Morgan fingerprint density at radius 3 is 2.55 bits per heavy atom. The molecule has 8 heteroatoms. The highest BCUT2D eigenvalue weighted by Gasteiger charge is 2.31. The number of hydrogen-bond acceptors (Lipinski definition) is 2. The highest BCUT2D eigenvalue weighted by atomic mass is 79.9. The standard InChI is InChI=1S/C12H12BrF3N2O2/c13-9-2-1-8(12(14,15)16)7-10(9)17-11(19)18-3-5-20-6-4-18/h1-2,7H,3-6H2,(H,17,19). The first-order valence-electron chi connectivity index (χ1n) is 5.88. The van der Waals surface area contributed by atoms with E-state index >= 15 is 0 Å². The van der Waals surface area contributed by atoms with Crippen LogP contribution in [-0.2, 0) is 10.9 Å². The summed E-state index contributed by atoms with van der Waals surface area (Å²) in [6, 6.07) is 2.68. The topological polar surface area (TPSA) is 41.6 Å². The first-order valence-corrected chi connectivity index (χ1v) is 6.67. The molecule has 0 bridgehead atoms. The van der Waals surface area contributed by atoms with Crippen LogP contribution in [0.2, 0.25) is 0 Å². The number of rotatable bonds is 1. The van der Waals surface area contributed by atoms with Crippen molar-refractivity contribution in [3.63, 3.8) is 0 Å². The molecule has 0 atom stereocenters. The van der Waals surface area contributed by atoms with E-state index in [2.05, 4.69) is 21.2 Å². The Hall–Kier alpha value is -1.28. The van der Waals surface area contributed by atoms with Gasteiger partial charge in [0.05, 0.1) is 24.5 Å². The molecule has 4 nitrogen and oxygen atoms in total. The summed E-state index contributed by atoms with van der Waals surface area (Å²) < 4.78 is 43.4. The summed E-state index contributed by atoms with van der Waals surface area (Å²) in [7, 11) is 0. The summed E-state index contributed by atoms with van der Waals surface area (Å²) in [5, 5.41) is 2.48. The zero-order valence-corrected chi connectivity index (χ0v) is 11.9. The SMILES string of the molecule is O=C(Nc1cc(C(F)(F)F)ccc1Br)N1CCOCC1. The molecule has 1 saturated heterocycles. The van der Waals surface area contributed by atoms with Crippen LogP contribution in [0.5, 0.6) is 0 Å². The fraction of sp³-hybridized carbons (Fsp3) is 0.417. The third-order valence-electron chi connectivity index (χ3n) is 2.83. The quantitative estimate of drug-likeness (QED) is 0.842. The smallest absolute Gasteiger partial charge is 0.378 e. The first kappa shape index (κ1) is 15.1. The number of carbonyl (C=O) groups is 1. The predicted octanol–water partition coefficient (Wildman–Crippen LogP) is 3.33. The lowest BCUT2D eigenvalue weighted by Crippen LogP contribution is -2.43. The van der Waals surface area contributed by atoms with Crippen molar-refractivity contribution >= 4 is 27.6 Å². The van der Waals surface area contributed by atoms with Crippen molar-refractivity contribution in [1.82, 2.24) is 4.90 Å². The van der Waals surface area contributed by atoms with Crippen LogP contribution in [-0.4, -0.2) is 37.2 Å². The van der Waals surface area contributed by atoms with E-state index in [1.165, 1.54) is 11.0 Å². The van der Waals surface area contributed by atoms with Crippen LogP contribution in [0.15, 0.2) is 22.7 Å². The molecule has 0 aromatic heterocycles. The highest BCUT2D eigenvalue weighted by Crippen LogP contribution is 2.34. The van der Waals surface area contributed by atoms with E-state index < -0.39 is 17.8 Å². The predicted molar refractivity (Wildman–Crippen MR) is 70.6 cm³/mol. The van der Waals surface area contributed by atoms with Crippen LogP contribution in [0.3, 0.4) is 0 Å². The molecule has 1 heterocycles. The minimum absolute atomic E-state index is 0.0938. The number of nitrogens with one attached hydrogen (secondary N) is 1. The second-order valence-corrected chi connectivity index (χ2v) is 5.08. The van der Waals surface area contributed by atoms with Gasteiger partial charge in [0.1, 0.15) is 0 Å². The second kappa shape index (κ2) is 6.01. The lowest BCUT2D eigenvalue weighted by molar-refractivity contribution is -0.137. The summed E-state index contributed by atoms with van der Waals surface area (Å²) in [6.07, 6.45) is -4.45. The lowest BCUT2D eigenvalue weighted by atomic mass is 10.2. The molecule has 1 aromatic carbocycles. The number of ether oxygens (including phenoxy) is 1. The molecule has 1 fully saturated rings. The normalized spacial score (nSPS) is 16.1. The number of carbonyl (C=O) groups excluding carboxylic acids is 1. The maximum atomic E-state index is 12.6. The van der Waals surface area contributed by atoms with E-state index in [-0.39, 0.29) is 5.69 Å². The Balaban J connectivity index is 2.13. The monoisotopic (exact) mass is 352 g/mol. The largest absolute Gasteiger partial charge is 0.416 e. The van der Waals surface area contributed by atoms with E-state index in [0.29, 0.717) is 30.8 Å². The summed E-state index contributed by atoms with van der Waals surface area (Å²) in [6.45, 7) is 1.69. The van der Waals surface area contributed by atoms with E-state index in [1.54, 1.807) is 0 Å². The van der Waals surface area contributed by atoms with Crippen molar-refractivity contribution in [3.8, 4) is 0 Å². The Labute approximate surface area is 122 Å². The third-order valence-corrected chi connectivity index (χ3v) is 3.53. The van der Waals surface area contributed by atoms with Crippen molar-refractivity contribution in [2.75, 3.05) is 31.6 Å². The second-order valence-electron chi connectivity index (χ2n) is 4.22. The van der Waals surface area contributed by atoms with Gasteiger partial charge in [0.25, 0.3) is 0 Å². The first-order chi connectivity index (χ1) is 9.38. The number of urea groups is 1. The molecule has 1 aromatic rings. The molecule has 0 radical (unpaired) electrons. The van der Waals surface area contributed by atoms with Crippen LogP contribution >= 0.6 is 15.9 Å². The zero-order valence-electron chi connectivity index (χ0n) is 10.3. The van der Waals surface area contributed by atoms with Crippen LogP contribution < -0.4 is 5.32 Å². The van der Waals surface area contributed by atoms with Gasteiger partial charge in [0.15, 0.2) is 0 Å². The summed E-state index contributed by atoms with van der Waals surface area (Å²) in [5.74, 6) is 0. The number of morpholine rings is 1. The summed E-state index contributed by atoms with van der Waals surface area (Å²) in [5.41, 5.74) is -0.714. The van der Waals surface area contributed by atoms with Crippen LogP contribution in [0.25, 0.3) is 0 Å². The molecule has 20 heavy (non-hydrogen) atoms. The molecule has 1 aliphatic heterocycles. The highest BCUT2D eigenvalue weighted by molar-refractivity contribution is 9.10. The molecule has 1 N–H and O–H groups in total. The summed E-state index contributed by atoms with van der Waals surface area (Å²) >= 11 is 3.12.